The Balaban J connectivity index is 1.83. The first-order chi connectivity index (χ1) is 13.2. The molecule has 0 aliphatic carbocycles. The lowest BCUT2D eigenvalue weighted by Crippen LogP contribution is -2.48. The molecule has 0 fully saturated rings. The number of nitrogens with one attached hydrogen (secondary N) is 2. The van der Waals surface area contributed by atoms with Crippen LogP contribution in [0, 0.1) is 13.8 Å². The van der Waals surface area contributed by atoms with Crippen molar-refractivity contribution in [1.29, 1.82) is 0 Å². The average Bonchev–Trinajstić information content (AvgIpc) is 2.61. The molecule has 6 nitrogen and oxygen atoms in total. The lowest BCUT2D eigenvalue weighted by atomic mass is 10.1. The van der Waals surface area contributed by atoms with Crippen molar-refractivity contribution in [2.24, 2.45) is 0 Å². The van der Waals surface area contributed by atoms with Crippen molar-refractivity contribution in [1.82, 2.24) is 10.9 Å². The van der Waals surface area contributed by atoms with Gasteiger partial charge in [-0.25, -0.2) is 0 Å². The van der Waals surface area contributed by atoms with Gasteiger partial charge in [0.25, 0.3) is 11.8 Å². The fraction of sp³-hybridized carbons (Fsp3) is 0.263. The zero-order valence-corrected chi connectivity index (χ0v) is 18.5. The SMILES string of the molecule is Cc1cc(Br)cc(C)c1OC(C)C(=O)NNC(=O)COc1ccc(Cl)cc1Cl. The van der Waals surface area contributed by atoms with Gasteiger partial charge in [0.05, 0.1) is 5.02 Å². The van der Waals surface area contributed by atoms with Crippen LogP contribution in [0.2, 0.25) is 10.0 Å². The molecule has 150 valence electrons. The summed E-state index contributed by atoms with van der Waals surface area (Å²) in [4.78, 5) is 24.0. The highest BCUT2D eigenvalue weighted by atomic mass is 79.9. The van der Waals surface area contributed by atoms with Gasteiger partial charge >= 0.3 is 0 Å². The van der Waals surface area contributed by atoms with Crippen LogP contribution in [0.25, 0.3) is 0 Å². The molecule has 0 saturated heterocycles. The lowest BCUT2D eigenvalue weighted by molar-refractivity contribution is -0.133. The van der Waals surface area contributed by atoms with E-state index in [2.05, 4.69) is 26.8 Å². The van der Waals surface area contributed by atoms with E-state index in [0.29, 0.717) is 16.5 Å². The van der Waals surface area contributed by atoms with Crippen LogP contribution >= 0.6 is 39.1 Å². The molecule has 28 heavy (non-hydrogen) atoms. The van der Waals surface area contributed by atoms with Crippen molar-refractivity contribution in [2.45, 2.75) is 26.9 Å². The number of rotatable bonds is 6. The predicted octanol–water partition coefficient (Wildman–Crippen LogP) is 4.37. The molecular weight excluding hydrogens is 471 g/mol. The second-order valence-electron chi connectivity index (χ2n) is 6.03. The van der Waals surface area contributed by atoms with E-state index in [1.54, 1.807) is 19.1 Å². The van der Waals surface area contributed by atoms with Crippen molar-refractivity contribution in [3.63, 3.8) is 0 Å². The standard InChI is InChI=1S/C19H19BrCl2N2O4/c1-10-6-13(20)7-11(2)18(10)28-12(3)19(26)24-23-17(25)9-27-16-5-4-14(21)8-15(16)22/h4-8,12H,9H2,1-3H3,(H,23,25)(H,24,26). The summed E-state index contributed by atoms with van der Waals surface area (Å²) in [6.45, 7) is 5.03. The zero-order valence-electron chi connectivity index (χ0n) is 15.4. The molecule has 2 N–H and O–H groups in total. The van der Waals surface area contributed by atoms with E-state index in [-0.39, 0.29) is 11.6 Å². The van der Waals surface area contributed by atoms with Crippen LogP contribution in [-0.2, 0) is 9.59 Å². The Hall–Kier alpha value is -1.96. The average molecular weight is 490 g/mol. The van der Waals surface area contributed by atoms with Crippen LogP contribution in [0.5, 0.6) is 11.5 Å². The van der Waals surface area contributed by atoms with Crippen LogP contribution < -0.4 is 20.3 Å². The minimum atomic E-state index is -0.814. The number of ether oxygens (including phenoxy) is 2. The van der Waals surface area contributed by atoms with Crippen molar-refractivity contribution in [3.8, 4) is 11.5 Å². The van der Waals surface area contributed by atoms with Gasteiger partial charge in [0.1, 0.15) is 11.5 Å². The maximum Gasteiger partial charge on any atom is 0.279 e. The second kappa shape index (κ2) is 10.0. The Kier molecular flexibility index (Phi) is 7.98. The number of hydrogen-bond acceptors (Lipinski definition) is 4. The number of halogens is 3. The second-order valence-corrected chi connectivity index (χ2v) is 7.79. The largest absolute Gasteiger partial charge is 0.482 e. The van der Waals surface area contributed by atoms with Crippen LogP contribution in [0.3, 0.4) is 0 Å². The van der Waals surface area contributed by atoms with Gasteiger partial charge in [-0.3, -0.25) is 20.4 Å². The third kappa shape index (κ3) is 6.29. The number of hydrogen-bond donors (Lipinski definition) is 2. The minimum Gasteiger partial charge on any atom is -0.482 e. The maximum absolute atomic E-state index is 12.2. The highest BCUT2D eigenvalue weighted by Gasteiger charge is 2.18. The van der Waals surface area contributed by atoms with Crippen LogP contribution in [0.1, 0.15) is 18.1 Å². The molecule has 1 unspecified atom stereocenters. The molecule has 0 aliphatic rings. The van der Waals surface area contributed by atoms with E-state index in [0.717, 1.165) is 15.6 Å². The summed E-state index contributed by atoms with van der Waals surface area (Å²) in [6.07, 6.45) is -0.814. The fourth-order valence-corrected chi connectivity index (χ4v) is 3.47. The molecule has 0 radical (unpaired) electrons. The van der Waals surface area contributed by atoms with Crippen LogP contribution in [0.4, 0.5) is 0 Å². The van der Waals surface area contributed by atoms with E-state index in [9.17, 15) is 9.59 Å². The van der Waals surface area contributed by atoms with Gasteiger partial charge in [-0.2, -0.15) is 0 Å². The minimum absolute atomic E-state index is 0.284. The Morgan fingerprint density at radius 1 is 1.11 bits per heavy atom. The van der Waals surface area contributed by atoms with Gasteiger partial charge in [0, 0.05) is 9.50 Å². The number of carbonyl (C=O) groups is 2. The van der Waals surface area contributed by atoms with E-state index in [4.69, 9.17) is 32.7 Å². The van der Waals surface area contributed by atoms with E-state index in [1.807, 2.05) is 26.0 Å². The predicted molar refractivity (Wildman–Crippen MR) is 112 cm³/mol. The van der Waals surface area contributed by atoms with Crippen molar-refractivity contribution < 1.29 is 19.1 Å². The summed E-state index contributed by atoms with van der Waals surface area (Å²) in [6, 6.07) is 8.44. The molecule has 0 aromatic heterocycles. The van der Waals surface area contributed by atoms with Crippen molar-refractivity contribution in [3.05, 3.63) is 56.0 Å². The summed E-state index contributed by atoms with van der Waals surface area (Å²) in [5.74, 6) is -0.120. The first-order valence-electron chi connectivity index (χ1n) is 8.27. The van der Waals surface area contributed by atoms with Crippen LogP contribution in [0.15, 0.2) is 34.8 Å². The monoisotopic (exact) mass is 488 g/mol. The molecule has 0 saturated carbocycles. The Morgan fingerprint density at radius 3 is 2.36 bits per heavy atom. The molecule has 2 amide bonds. The quantitative estimate of drug-likeness (QED) is 0.591. The first-order valence-corrected chi connectivity index (χ1v) is 9.82. The summed E-state index contributed by atoms with van der Waals surface area (Å²) in [5.41, 5.74) is 6.36. The van der Waals surface area contributed by atoms with Gasteiger partial charge < -0.3 is 9.47 Å². The molecule has 2 aromatic carbocycles. The van der Waals surface area contributed by atoms with Gasteiger partial charge in [-0.1, -0.05) is 39.1 Å². The Morgan fingerprint density at radius 2 is 1.75 bits per heavy atom. The van der Waals surface area contributed by atoms with Gasteiger partial charge in [0.2, 0.25) is 0 Å². The van der Waals surface area contributed by atoms with Gasteiger partial charge in [-0.05, 0) is 62.2 Å². The van der Waals surface area contributed by atoms with Gasteiger partial charge in [-0.15, -0.1) is 0 Å². The molecule has 0 bridgehead atoms. The summed E-state index contributed by atoms with van der Waals surface area (Å²) >= 11 is 15.2. The molecule has 2 aromatic rings. The number of benzene rings is 2. The third-order valence-corrected chi connectivity index (χ3v) is 4.66. The van der Waals surface area contributed by atoms with Crippen molar-refractivity contribution in [2.75, 3.05) is 6.61 Å². The highest BCUT2D eigenvalue weighted by molar-refractivity contribution is 9.10. The fourth-order valence-electron chi connectivity index (χ4n) is 2.32. The molecule has 0 spiro atoms. The molecular formula is C19H19BrCl2N2O4. The molecule has 0 heterocycles. The molecule has 1 atom stereocenters. The normalized spacial score (nSPS) is 11.5. The first kappa shape index (κ1) is 22.3. The molecule has 0 aliphatic heterocycles. The van der Waals surface area contributed by atoms with E-state index < -0.39 is 17.9 Å². The topological polar surface area (TPSA) is 76.7 Å². The van der Waals surface area contributed by atoms with Gasteiger partial charge in [0.15, 0.2) is 12.7 Å². The number of hydrazine groups is 1. The molecule has 2 rings (SSSR count). The van der Waals surface area contributed by atoms with Crippen LogP contribution in [-0.4, -0.2) is 24.5 Å². The number of amides is 2. The summed E-state index contributed by atoms with van der Waals surface area (Å²) in [7, 11) is 0. The third-order valence-electron chi connectivity index (χ3n) is 3.67. The summed E-state index contributed by atoms with van der Waals surface area (Å²) < 4.78 is 12.0. The highest BCUT2D eigenvalue weighted by Crippen LogP contribution is 2.28. The zero-order chi connectivity index (χ0) is 20.8. The van der Waals surface area contributed by atoms with Crippen molar-refractivity contribution >= 4 is 50.9 Å². The number of aryl methyl sites for hydroxylation is 2. The number of carbonyl (C=O) groups excluding carboxylic acids is 2. The van der Waals surface area contributed by atoms with E-state index >= 15 is 0 Å². The lowest BCUT2D eigenvalue weighted by Gasteiger charge is -2.18. The Labute approximate surface area is 181 Å². The Bertz CT molecular complexity index is 869. The smallest absolute Gasteiger partial charge is 0.279 e. The van der Waals surface area contributed by atoms with E-state index in [1.165, 1.54) is 6.07 Å². The summed E-state index contributed by atoms with van der Waals surface area (Å²) in [5, 5.41) is 0.742. The molecule has 9 heteroatoms. The maximum atomic E-state index is 12.2.